The summed E-state index contributed by atoms with van der Waals surface area (Å²) in [6, 6.07) is 15.6. The van der Waals surface area contributed by atoms with Gasteiger partial charge in [0.25, 0.3) is 0 Å². The Labute approximate surface area is 279 Å². The number of amides is 3. The summed E-state index contributed by atoms with van der Waals surface area (Å²) in [7, 11) is 0. The standard InChI is InChI=1S/C36H42FN5O4S/c37-29-12-5-4-10-26(29)21-28-22-38-35(47-28)41-32(43)24-42-17-13-30-27(23-42)11-6-7-14-36(15-18-46-19-16-36)34(45)40-31(33(44)39-30)20-25-8-2-1-3-9-25/h1-10,12,22,27,30-31H,11,13-21,23-24H2,(H,39,44)(H,40,45)(H,38,41,43)/t27-,30-,31+/m0/s1. The number of carbonyl (C=O) groups is 3. The molecule has 2 fully saturated rings. The number of ether oxygens (including phenoxy) is 1. The summed E-state index contributed by atoms with van der Waals surface area (Å²) in [4.78, 5) is 48.0. The molecule has 0 bridgehead atoms. The predicted octanol–water partition coefficient (Wildman–Crippen LogP) is 4.49. The van der Waals surface area contributed by atoms with Crippen molar-refractivity contribution in [3.8, 4) is 0 Å². The largest absolute Gasteiger partial charge is 0.381 e. The molecule has 2 aromatic carbocycles. The number of nitrogens with zero attached hydrogens (tertiary/aromatic N) is 2. The first-order valence-electron chi connectivity index (χ1n) is 16.5. The second kappa shape index (κ2) is 15.3. The third-order valence-electron chi connectivity index (χ3n) is 9.59. The van der Waals surface area contributed by atoms with Crippen LogP contribution in [0.4, 0.5) is 9.52 Å². The molecule has 47 heavy (non-hydrogen) atoms. The zero-order valence-electron chi connectivity index (χ0n) is 26.5. The van der Waals surface area contributed by atoms with Gasteiger partial charge in [-0.15, -0.1) is 11.3 Å². The highest BCUT2D eigenvalue weighted by Gasteiger charge is 2.41. The van der Waals surface area contributed by atoms with Crippen molar-refractivity contribution < 1.29 is 23.5 Å². The summed E-state index contributed by atoms with van der Waals surface area (Å²) in [5, 5.41) is 9.82. The fourth-order valence-electron chi connectivity index (χ4n) is 6.84. The third kappa shape index (κ3) is 8.51. The van der Waals surface area contributed by atoms with Gasteiger partial charge >= 0.3 is 0 Å². The van der Waals surface area contributed by atoms with Crippen molar-refractivity contribution in [3.05, 3.63) is 94.8 Å². The minimum absolute atomic E-state index is 0.0842. The summed E-state index contributed by atoms with van der Waals surface area (Å²) in [6.07, 6.45) is 9.99. The van der Waals surface area contributed by atoms with Gasteiger partial charge in [0.1, 0.15) is 11.9 Å². The maximum atomic E-state index is 14.1. The minimum Gasteiger partial charge on any atom is -0.381 e. The van der Waals surface area contributed by atoms with E-state index in [1.54, 1.807) is 24.4 Å². The highest BCUT2D eigenvalue weighted by atomic mass is 32.1. The van der Waals surface area contributed by atoms with E-state index in [4.69, 9.17) is 4.74 Å². The average molecular weight is 660 g/mol. The van der Waals surface area contributed by atoms with Crippen molar-refractivity contribution in [3.63, 3.8) is 0 Å². The predicted molar refractivity (Wildman–Crippen MR) is 179 cm³/mol. The first-order valence-corrected chi connectivity index (χ1v) is 17.3. The zero-order valence-corrected chi connectivity index (χ0v) is 27.3. The van der Waals surface area contributed by atoms with Gasteiger partial charge < -0.3 is 20.7 Å². The monoisotopic (exact) mass is 659 g/mol. The van der Waals surface area contributed by atoms with Crippen LogP contribution in [0.25, 0.3) is 0 Å². The molecule has 9 nitrogen and oxygen atoms in total. The van der Waals surface area contributed by atoms with Gasteiger partial charge in [0.2, 0.25) is 17.7 Å². The number of allylic oxidation sites excluding steroid dienone is 2. The molecule has 3 N–H and O–H groups in total. The molecule has 3 aliphatic heterocycles. The lowest BCUT2D eigenvalue weighted by molar-refractivity contribution is -0.140. The van der Waals surface area contributed by atoms with Crippen molar-refractivity contribution in [2.75, 3.05) is 38.2 Å². The number of fused-ring (bicyclic) bond motifs is 1. The maximum Gasteiger partial charge on any atom is 0.243 e. The van der Waals surface area contributed by atoms with Gasteiger partial charge in [-0.3, -0.25) is 19.3 Å². The van der Waals surface area contributed by atoms with E-state index in [0.29, 0.717) is 75.5 Å². The van der Waals surface area contributed by atoms with Crippen LogP contribution in [-0.2, 0) is 32.0 Å². The molecule has 0 unspecified atom stereocenters. The van der Waals surface area contributed by atoms with Crippen LogP contribution in [0.1, 0.15) is 48.1 Å². The normalized spacial score (nSPS) is 23.6. The summed E-state index contributed by atoms with van der Waals surface area (Å²) < 4.78 is 19.7. The van der Waals surface area contributed by atoms with Crippen molar-refractivity contribution in [2.24, 2.45) is 11.3 Å². The Hall–Kier alpha value is -3.93. The second-order valence-electron chi connectivity index (χ2n) is 12.9. The first-order chi connectivity index (χ1) is 22.9. The van der Waals surface area contributed by atoms with Crippen LogP contribution in [0.3, 0.4) is 0 Å². The van der Waals surface area contributed by atoms with Crippen molar-refractivity contribution in [2.45, 2.75) is 57.0 Å². The minimum atomic E-state index is -0.695. The number of rotatable bonds is 7. The molecule has 3 atom stereocenters. The number of likely N-dealkylation sites (tertiary alicyclic amines) is 1. The third-order valence-corrected chi connectivity index (χ3v) is 10.5. The highest BCUT2D eigenvalue weighted by Crippen LogP contribution is 2.36. The van der Waals surface area contributed by atoms with Gasteiger partial charge in [-0.1, -0.05) is 60.7 Å². The number of hydrogen-bond acceptors (Lipinski definition) is 7. The Morgan fingerprint density at radius 2 is 1.85 bits per heavy atom. The van der Waals surface area contributed by atoms with Gasteiger partial charge in [0.15, 0.2) is 5.13 Å². The molecule has 4 heterocycles. The number of carbonyl (C=O) groups excluding carboxylic acids is 3. The maximum absolute atomic E-state index is 14.1. The topological polar surface area (TPSA) is 113 Å². The molecule has 0 aliphatic carbocycles. The Morgan fingerprint density at radius 3 is 2.66 bits per heavy atom. The van der Waals surface area contributed by atoms with Gasteiger partial charge in [-0.2, -0.15) is 0 Å². The summed E-state index contributed by atoms with van der Waals surface area (Å²) in [5.41, 5.74) is 0.967. The number of nitrogens with one attached hydrogen (secondary N) is 3. The Morgan fingerprint density at radius 1 is 1.06 bits per heavy atom. The fraction of sp³-hybridized carbons (Fsp3) is 0.444. The van der Waals surface area contributed by atoms with E-state index < -0.39 is 11.5 Å². The molecule has 2 saturated heterocycles. The summed E-state index contributed by atoms with van der Waals surface area (Å²) in [6.45, 7) is 2.54. The fourth-order valence-corrected chi connectivity index (χ4v) is 7.69. The van der Waals surface area contributed by atoms with Crippen LogP contribution in [0.5, 0.6) is 0 Å². The highest BCUT2D eigenvalue weighted by molar-refractivity contribution is 7.15. The van der Waals surface area contributed by atoms with E-state index in [9.17, 15) is 18.8 Å². The zero-order chi connectivity index (χ0) is 32.6. The van der Waals surface area contributed by atoms with Gasteiger partial charge in [-0.05, 0) is 55.2 Å². The number of halogens is 1. The van der Waals surface area contributed by atoms with Crippen molar-refractivity contribution in [1.82, 2.24) is 20.5 Å². The van der Waals surface area contributed by atoms with Crippen LogP contribution in [0, 0.1) is 17.2 Å². The van der Waals surface area contributed by atoms with Crippen molar-refractivity contribution >= 4 is 34.2 Å². The number of thiazole rings is 1. The molecule has 0 radical (unpaired) electrons. The molecule has 3 amide bonds. The van der Waals surface area contributed by atoms with Crippen LogP contribution < -0.4 is 16.0 Å². The number of anilines is 1. The molecule has 0 saturated carbocycles. The van der Waals surface area contributed by atoms with E-state index in [1.165, 1.54) is 17.4 Å². The SMILES string of the molecule is O=C(CN1CC[C@@H]2NC(=O)[C@@H](Cc3ccccc3)NC(=O)C3(CC=CC[C@H]2C1)CCOCC3)Nc1ncc(Cc2ccccc2F)s1. The number of aromatic nitrogens is 1. The molecule has 3 aliphatic rings. The summed E-state index contributed by atoms with van der Waals surface area (Å²) in [5.74, 6) is -0.575. The second-order valence-corrected chi connectivity index (χ2v) is 14.0. The Bertz CT molecular complexity index is 1570. The van der Waals surface area contributed by atoms with Crippen LogP contribution in [0.15, 0.2) is 72.9 Å². The molecule has 6 rings (SSSR count). The lowest BCUT2D eigenvalue weighted by Crippen LogP contribution is -2.58. The van der Waals surface area contributed by atoms with E-state index >= 15 is 0 Å². The van der Waals surface area contributed by atoms with Crippen LogP contribution in [0.2, 0.25) is 0 Å². The van der Waals surface area contributed by atoms with Crippen molar-refractivity contribution in [1.29, 1.82) is 0 Å². The van der Waals surface area contributed by atoms with E-state index in [-0.39, 0.29) is 42.0 Å². The number of benzene rings is 2. The molecular formula is C36H42FN5O4S. The van der Waals surface area contributed by atoms with Gasteiger partial charge in [0, 0.05) is 56.3 Å². The first kappa shape index (κ1) is 33.0. The Kier molecular flexibility index (Phi) is 10.7. The van der Waals surface area contributed by atoms with Gasteiger partial charge in [0.05, 0.1) is 12.0 Å². The lowest BCUT2D eigenvalue weighted by atomic mass is 9.75. The van der Waals surface area contributed by atoms with E-state index in [1.807, 2.05) is 30.3 Å². The number of hydrogen-bond donors (Lipinski definition) is 3. The summed E-state index contributed by atoms with van der Waals surface area (Å²) >= 11 is 1.35. The quantitative estimate of drug-likeness (QED) is 0.323. The molecular weight excluding hydrogens is 617 g/mol. The molecule has 3 aromatic rings. The number of piperidine rings is 1. The van der Waals surface area contributed by atoms with Crippen LogP contribution in [-0.4, -0.2) is 72.5 Å². The average Bonchev–Trinajstić information content (AvgIpc) is 3.51. The molecule has 11 heteroatoms. The molecule has 1 aromatic heterocycles. The Balaban J connectivity index is 1.11. The van der Waals surface area contributed by atoms with E-state index in [0.717, 1.165) is 16.9 Å². The molecule has 1 spiro atoms. The molecule has 248 valence electrons. The van der Waals surface area contributed by atoms with E-state index in [2.05, 4.69) is 38.0 Å². The smallest absolute Gasteiger partial charge is 0.243 e. The van der Waals surface area contributed by atoms with Gasteiger partial charge in [-0.25, -0.2) is 9.37 Å². The van der Waals surface area contributed by atoms with Crippen LogP contribution >= 0.6 is 11.3 Å². The lowest BCUT2D eigenvalue weighted by Gasteiger charge is -2.40.